The van der Waals surface area contributed by atoms with Crippen molar-refractivity contribution in [3.8, 4) is 0 Å². The Balaban J connectivity index is 0. The van der Waals surface area contributed by atoms with Gasteiger partial charge in [0.25, 0.3) is 0 Å². The normalized spacial score (nSPS) is 11.4. The smallest absolute Gasteiger partial charge is 0.407 e. The first-order valence-corrected chi connectivity index (χ1v) is 6.79. The van der Waals surface area contributed by atoms with Gasteiger partial charge in [0.2, 0.25) is 0 Å². The molecule has 3 N–H and O–H groups in total. The molecule has 126 valence electrons. The van der Waals surface area contributed by atoms with Crippen molar-refractivity contribution < 1.29 is 14.3 Å². The van der Waals surface area contributed by atoms with Gasteiger partial charge >= 0.3 is 6.09 Å². The quantitative estimate of drug-likeness (QED) is 0.253. The number of nitrogens with zero attached hydrogens (tertiary/aromatic N) is 1. The van der Waals surface area contributed by atoms with Gasteiger partial charge in [0, 0.05) is 33.8 Å². The molecule has 0 heterocycles. The summed E-state index contributed by atoms with van der Waals surface area (Å²) in [5, 5.41) is 8.95. The van der Waals surface area contributed by atoms with Crippen molar-refractivity contribution in [2.75, 3.05) is 40.4 Å². The van der Waals surface area contributed by atoms with Crippen LogP contribution in [0, 0.1) is 0 Å². The first-order valence-electron chi connectivity index (χ1n) is 6.79. The van der Waals surface area contributed by atoms with Crippen LogP contribution in [0.25, 0.3) is 0 Å². The number of guanidine groups is 1. The molecular formula is C13H29IN4O3. The molecule has 0 aliphatic rings. The maximum atomic E-state index is 11.4. The van der Waals surface area contributed by atoms with E-state index in [1.807, 2.05) is 20.8 Å². The van der Waals surface area contributed by atoms with Gasteiger partial charge in [0.15, 0.2) is 5.96 Å². The molecule has 0 saturated carbocycles. The predicted octanol–water partition coefficient (Wildman–Crippen LogP) is 1.33. The Labute approximate surface area is 144 Å². The second-order valence-corrected chi connectivity index (χ2v) is 5.20. The third-order valence-corrected chi connectivity index (χ3v) is 2.14. The van der Waals surface area contributed by atoms with Crippen molar-refractivity contribution >= 4 is 36.0 Å². The van der Waals surface area contributed by atoms with Crippen LogP contribution in [0.15, 0.2) is 4.99 Å². The largest absolute Gasteiger partial charge is 0.444 e. The molecule has 7 nitrogen and oxygen atoms in total. The molecule has 0 atom stereocenters. The molecule has 8 heteroatoms. The van der Waals surface area contributed by atoms with E-state index in [0.29, 0.717) is 26.2 Å². The summed E-state index contributed by atoms with van der Waals surface area (Å²) in [6.45, 7) is 8.10. The number of carbonyl (C=O) groups excluding carboxylic acids is 1. The number of aliphatic imine (C=N–C) groups is 1. The molecule has 0 bridgehead atoms. The summed E-state index contributed by atoms with van der Waals surface area (Å²) in [6.07, 6.45) is 0.393. The van der Waals surface area contributed by atoms with E-state index >= 15 is 0 Å². The number of nitrogens with one attached hydrogen (secondary N) is 3. The summed E-state index contributed by atoms with van der Waals surface area (Å²) >= 11 is 0. The molecule has 0 rings (SSSR count). The van der Waals surface area contributed by atoms with Crippen LogP contribution in [0.5, 0.6) is 0 Å². The Morgan fingerprint density at radius 3 is 2.19 bits per heavy atom. The Kier molecular flexibility index (Phi) is 13.9. The molecule has 1 amide bonds. The lowest BCUT2D eigenvalue weighted by Gasteiger charge is -2.19. The standard InChI is InChI=1S/C13H28N4O3.HI/c1-13(2,3)20-12(18)17-8-6-7-15-11(14-4)16-9-10-19-5;/h6-10H2,1-5H3,(H,17,18)(H2,14,15,16);1H. The highest BCUT2D eigenvalue weighted by Gasteiger charge is 2.15. The van der Waals surface area contributed by atoms with Gasteiger partial charge in [-0.15, -0.1) is 24.0 Å². The van der Waals surface area contributed by atoms with Crippen LogP contribution >= 0.6 is 24.0 Å². The number of ether oxygens (including phenoxy) is 2. The third-order valence-electron chi connectivity index (χ3n) is 2.14. The summed E-state index contributed by atoms with van der Waals surface area (Å²) in [4.78, 5) is 15.5. The van der Waals surface area contributed by atoms with Crippen LogP contribution in [-0.4, -0.2) is 58.1 Å². The number of alkyl carbamates (subject to hydrolysis) is 1. The zero-order chi connectivity index (χ0) is 15.4. The van der Waals surface area contributed by atoms with Crippen molar-refractivity contribution in [3.63, 3.8) is 0 Å². The van der Waals surface area contributed by atoms with Crippen LogP contribution in [0.1, 0.15) is 27.2 Å². The summed E-state index contributed by atoms with van der Waals surface area (Å²) < 4.78 is 10.1. The molecule has 0 aromatic carbocycles. The van der Waals surface area contributed by atoms with Gasteiger partial charge < -0.3 is 25.4 Å². The molecule has 21 heavy (non-hydrogen) atoms. The van der Waals surface area contributed by atoms with Gasteiger partial charge in [-0.3, -0.25) is 4.99 Å². The molecule has 0 spiro atoms. The first kappa shape index (κ1) is 22.5. The first-order chi connectivity index (χ1) is 9.39. The Bertz CT molecular complexity index is 306. The number of hydrogen-bond donors (Lipinski definition) is 3. The van der Waals surface area contributed by atoms with Crippen molar-refractivity contribution in [2.24, 2.45) is 4.99 Å². The molecule has 0 aliphatic heterocycles. The van der Waals surface area contributed by atoms with Gasteiger partial charge in [-0.05, 0) is 27.2 Å². The zero-order valence-electron chi connectivity index (χ0n) is 13.6. The van der Waals surface area contributed by atoms with E-state index in [9.17, 15) is 4.79 Å². The van der Waals surface area contributed by atoms with E-state index in [1.165, 1.54) is 0 Å². The fourth-order valence-electron chi connectivity index (χ4n) is 1.29. The number of carbonyl (C=O) groups is 1. The van der Waals surface area contributed by atoms with E-state index in [-0.39, 0.29) is 30.1 Å². The molecule has 0 saturated heterocycles. The Morgan fingerprint density at radius 1 is 1.10 bits per heavy atom. The summed E-state index contributed by atoms with van der Waals surface area (Å²) in [7, 11) is 3.36. The van der Waals surface area contributed by atoms with Crippen LogP contribution in [-0.2, 0) is 9.47 Å². The second-order valence-electron chi connectivity index (χ2n) is 5.20. The van der Waals surface area contributed by atoms with Gasteiger partial charge in [0.05, 0.1) is 6.61 Å². The van der Waals surface area contributed by atoms with Gasteiger partial charge in [0.1, 0.15) is 5.60 Å². The van der Waals surface area contributed by atoms with E-state index in [2.05, 4.69) is 20.9 Å². The topological polar surface area (TPSA) is 84.0 Å². The monoisotopic (exact) mass is 416 g/mol. The molecule has 0 aromatic heterocycles. The van der Waals surface area contributed by atoms with Crippen LogP contribution in [0.3, 0.4) is 0 Å². The molecule has 0 fully saturated rings. The number of halogens is 1. The summed E-state index contributed by atoms with van der Waals surface area (Å²) in [5.41, 5.74) is -0.463. The lowest BCUT2D eigenvalue weighted by atomic mass is 10.2. The zero-order valence-corrected chi connectivity index (χ0v) is 15.9. The van der Waals surface area contributed by atoms with Crippen LogP contribution in [0.2, 0.25) is 0 Å². The minimum Gasteiger partial charge on any atom is -0.444 e. The second kappa shape index (κ2) is 12.9. The molecule has 0 aromatic rings. The maximum Gasteiger partial charge on any atom is 0.407 e. The minimum atomic E-state index is -0.463. The average molecular weight is 416 g/mol. The Morgan fingerprint density at radius 2 is 1.67 bits per heavy atom. The third kappa shape index (κ3) is 15.4. The van der Waals surface area contributed by atoms with E-state index < -0.39 is 5.60 Å². The average Bonchev–Trinajstić information content (AvgIpc) is 2.34. The molecule has 0 unspecified atom stereocenters. The van der Waals surface area contributed by atoms with Crippen molar-refractivity contribution in [1.82, 2.24) is 16.0 Å². The van der Waals surface area contributed by atoms with Crippen molar-refractivity contribution in [1.29, 1.82) is 0 Å². The highest BCUT2D eigenvalue weighted by atomic mass is 127. The van der Waals surface area contributed by atoms with Gasteiger partial charge in [-0.1, -0.05) is 0 Å². The SMILES string of the molecule is CN=C(NCCCNC(=O)OC(C)(C)C)NCCOC.I. The number of rotatable bonds is 7. The number of methoxy groups -OCH3 is 1. The van der Waals surface area contributed by atoms with Crippen LogP contribution < -0.4 is 16.0 Å². The summed E-state index contributed by atoms with van der Waals surface area (Å²) in [5.74, 6) is 0.722. The predicted molar refractivity (Wildman–Crippen MR) is 95.5 cm³/mol. The number of hydrogen-bond acceptors (Lipinski definition) is 4. The van der Waals surface area contributed by atoms with Gasteiger partial charge in [-0.25, -0.2) is 4.79 Å². The fourth-order valence-corrected chi connectivity index (χ4v) is 1.29. The lowest BCUT2D eigenvalue weighted by Crippen LogP contribution is -2.40. The summed E-state index contributed by atoms with van der Waals surface area (Å²) in [6, 6.07) is 0. The number of amides is 1. The highest BCUT2D eigenvalue weighted by Crippen LogP contribution is 2.06. The molecule has 0 aliphatic carbocycles. The van der Waals surface area contributed by atoms with Crippen molar-refractivity contribution in [2.45, 2.75) is 32.8 Å². The molecular weight excluding hydrogens is 387 g/mol. The van der Waals surface area contributed by atoms with Crippen LogP contribution in [0.4, 0.5) is 4.79 Å². The fraction of sp³-hybridized carbons (Fsp3) is 0.846. The van der Waals surface area contributed by atoms with Crippen molar-refractivity contribution in [3.05, 3.63) is 0 Å². The van der Waals surface area contributed by atoms with E-state index in [4.69, 9.17) is 9.47 Å². The maximum absolute atomic E-state index is 11.4. The van der Waals surface area contributed by atoms with Gasteiger partial charge in [-0.2, -0.15) is 0 Å². The molecule has 0 radical (unpaired) electrons. The lowest BCUT2D eigenvalue weighted by molar-refractivity contribution is 0.0527. The minimum absolute atomic E-state index is 0. The van der Waals surface area contributed by atoms with E-state index in [0.717, 1.165) is 12.4 Å². The van der Waals surface area contributed by atoms with E-state index in [1.54, 1.807) is 14.2 Å². The highest BCUT2D eigenvalue weighted by molar-refractivity contribution is 14.0. The Hall–Kier alpha value is -0.770.